The maximum absolute atomic E-state index is 9.11. The molecule has 0 aliphatic carbocycles. The van der Waals surface area contributed by atoms with Gasteiger partial charge in [-0.2, -0.15) is 5.26 Å². The van der Waals surface area contributed by atoms with Crippen LogP contribution in [0.2, 0.25) is 0 Å². The van der Waals surface area contributed by atoms with E-state index in [2.05, 4.69) is 21.1 Å². The third-order valence-electron chi connectivity index (χ3n) is 3.61. The number of oxime groups is 1. The summed E-state index contributed by atoms with van der Waals surface area (Å²) in [5, 5.41) is 21.4. The second-order valence-corrected chi connectivity index (χ2v) is 4.90. The van der Waals surface area contributed by atoms with Crippen LogP contribution in [-0.2, 0) is 6.54 Å². The van der Waals surface area contributed by atoms with Gasteiger partial charge < -0.3 is 10.1 Å². The topological polar surface area (TPSA) is 72.5 Å². The maximum atomic E-state index is 9.11. The van der Waals surface area contributed by atoms with Gasteiger partial charge in [-0.15, -0.1) is 0 Å². The summed E-state index contributed by atoms with van der Waals surface area (Å²) < 4.78 is 0. The van der Waals surface area contributed by atoms with E-state index in [4.69, 9.17) is 10.5 Å². The maximum Gasteiger partial charge on any atom is 0.140 e. The van der Waals surface area contributed by atoms with E-state index in [9.17, 15) is 0 Å². The van der Waals surface area contributed by atoms with E-state index < -0.39 is 0 Å². The first-order valence-electron chi connectivity index (χ1n) is 6.72. The van der Waals surface area contributed by atoms with Crippen LogP contribution in [0.25, 0.3) is 0 Å². The van der Waals surface area contributed by atoms with Gasteiger partial charge in [0.1, 0.15) is 11.8 Å². The number of para-hydroxylation sites is 1. The van der Waals surface area contributed by atoms with E-state index in [1.54, 1.807) is 12.3 Å². The predicted octanol–water partition coefficient (Wildman–Crippen LogP) is 2.54. The van der Waals surface area contributed by atoms with Crippen molar-refractivity contribution in [3.8, 4) is 6.07 Å². The van der Waals surface area contributed by atoms with Gasteiger partial charge in [0.2, 0.25) is 0 Å². The highest BCUT2D eigenvalue weighted by molar-refractivity contribution is 6.06. The van der Waals surface area contributed by atoms with Crippen LogP contribution < -0.4 is 4.90 Å². The molecule has 21 heavy (non-hydrogen) atoms. The van der Waals surface area contributed by atoms with Crippen LogP contribution in [0.3, 0.4) is 0 Å². The minimum atomic E-state index is 0.426. The Kier molecular flexibility index (Phi) is 3.52. The summed E-state index contributed by atoms with van der Waals surface area (Å²) in [5.41, 5.74) is 4.19. The fourth-order valence-electron chi connectivity index (χ4n) is 2.61. The van der Waals surface area contributed by atoms with Crippen LogP contribution in [0, 0.1) is 11.3 Å². The number of nitriles is 1. The first-order chi connectivity index (χ1) is 10.3. The third-order valence-corrected chi connectivity index (χ3v) is 3.61. The van der Waals surface area contributed by atoms with Crippen LogP contribution in [0.15, 0.2) is 47.8 Å². The lowest BCUT2D eigenvalue weighted by Gasteiger charge is -2.31. The Hall–Kier alpha value is -2.87. The number of fused-ring (bicyclic) bond motifs is 1. The van der Waals surface area contributed by atoms with Gasteiger partial charge in [-0.1, -0.05) is 23.4 Å². The third kappa shape index (κ3) is 2.56. The summed E-state index contributed by atoms with van der Waals surface area (Å²) in [6.07, 6.45) is 2.36. The van der Waals surface area contributed by atoms with Crippen molar-refractivity contribution in [2.45, 2.75) is 13.0 Å². The molecule has 2 heterocycles. The minimum absolute atomic E-state index is 0.426. The normalized spacial score (nSPS) is 15.6. The standard InChI is InChI=1S/C16H14N4O/c17-10-13-9-12(5-7-18-13)11-20-8-6-15(19-21)14-3-1-2-4-16(14)20/h1-5,7,9,21H,6,8,11H2. The molecule has 0 amide bonds. The number of pyridine rings is 1. The lowest BCUT2D eigenvalue weighted by molar-refractivity contribution is 0.317. The summed E-state index contributed by atoms with van der Waals surface area (Å²) in [6, 6.07) is 13.7. The molecule has 0 unspecified atom stereocenters. The summed E-state index contributed by atoms with van der Waals surface area (Å²) in [4.78, 5) is 6.21. The van der Waals surface area contributed by atoms with Crippen LogP contribution in [0.1, 0.15) is 23.2 Å². The molecule has 0 bridgehead atoms. The molecule has 3 rings (SSSR count). The van der Waals surface area contributed by atoms with Gasteiger partial charge in [-0.05, 0) is 23.8 Å². The quantitative estimate of drug-likeness (QED) is 0.677. The number of nitrogens with zero attached hydrogens (tertiary/aromatic N) is 4. The Balaban J connectivity index is 1.92. The summed E-state index contributed by atoms with van der Waals surface area (Å²) in [6.45, 7) is 1.48. The van der Waals surface area contributed by atoms with Gasteiger partial charge in [-0.25, -0.2) is 4.98 Å². The molecular weight excluding hydrogens is 264 g/mol. The molecule has 0 fully saturated rings. The van der Waals surface area contributed by atoms with Crippen LogP contribution in [0.5, 0.6) is 0 Å². The highest BCUT2D eigenvalue weighted by atomic mass is 16.4. The summed E-state index contributed by atoms with van der Waals surface area (Å²) in [5.74, 6) is 0. The van der Waals surface area contributed by atoms with Gasteiger partial charge in [0.15, 0.2) is 0 Å². The first-order valence-corrected chi connectivity index (χ1v) is 6.72. The number of hydrogen-bond donors (Lipinski definition) is 1. The molecule has 0 atom stereocenters. The van der Waals surface area contributed by atoms with E-state index in [0.717, 1.165) is 23.4 Å². The highest BCUT2D eigenvalue weighted by Gasteiger charge is 2.21. The zero-order valence-corrected chi connectivity index (χ0v) is 11.4. The van der Waals surface area contributed by atoms with Crippen molar-refractivity contribution in [3.05, 3.63) is 59.4 Å². The fraction of sp³-hybridized carbons (Fsp3) is 0.188. The zero-order chi connectivity index (χ0) is 14.7. The van der Waals surface area contributed by atoms with E-state index in [1.165, 1.54) is 0 Å². The second-order valence-electron chi connectivity index (χ2n) is 4.90. The van der Waals surface area contributed by atoms with Crippen molar-refractivity contribution < 1.29 is 5.21 Å². The van der Waals surface area contributed by atoms with E-state index in [1.807, 2.05) is 30.3 Å². The molecule has 0 radical (unpaired) electrons. The van der Waals surface area contributed by atoms with Crippen LogP contribution >= 0.6 is 0 Å². The average Bonchev–Trinajstić information content (AvgIpc) is 2.55. The number of anilines is 1. The Labute approximate surface area is 122 Å². The molecule has 104 valence electrons. The molecule has 1 aliphatic rings. The number of benzene rings is 1. The molecule has 1 aromatic carbocycles. The molecule has 0 saturated carbocycles. The van der Waals surface area contributed by atoms with Crippen molar-refractivity contribution in [1.82, 2.24) is 4.98 Å². The van der Waals surface area contributed by atoms with Gasteiger partial charge in [-0.3, -0.25) is 0 Å². The Morgan fingerprint density at radius 2 is 2.19 bits per heavy atom. The number of rotatable bonds is 2. The van der Waals surface area contributed by atoms with Crippen LogP contribution in [-0.4, -0.2) is 22.4 Å². The Bertz CT molecular complexity index is 733. The molecule has 5 nitrogen and oxygen atoms in total. The number of aromatic nitrogens is 1. The lowest BCUT2D eigenvalue weighted by Crippen LogP contribution is -2.31. The monoisotopic (exact) mass is 278 g/mol. The average molecular weight is 278 g/mol. The molecule has 5 heteroatoms. The zero-order valence-electron chi connectivity index (χ0n) is 11.4. The minimum Gasteiger partial charge on any atom is -0.411 e. The van der Waals surface area contributed by atoms with Crippen molar-refractivity contribution in [3.63, 3.8) is 0 Å². The Morgan fingerprint density at radius 1 is 1.33 bits per heavy atom. The second kappa shape index (κ2) is 5.63. The summed E-state index contributed by atoms with van der Waals surface area (Å²) >= 11 is 0. The first kappa shape index (κ1) is 13.1. The van der Waals surface area contributed by atoms with E-state index >= 15 is 0 Å². The molecule has 1 aromatic heterocycles. The molecule has 0 spiro atoms. The summed E-state index contributed by atoms with van der Waals surface area (Å²) in [7, 11) is 0. The van der Waals surface area contributed by atoms with Crippen LogP contribution in [0.4, 0.5) is 5.69 Å². The fourth-order valence-corrected chi connectivity index (χ4v) is 2.61. The number of hydrogen-bond acceptors (Lipinski definition) is 5. The lowest BCUT2D eigenvalue weighted by atomic mass is 9.99. The van der Waals surface area contributed by atoms with E-state index in [-0.39, 0.29) is 0 Å². The van der Waals surface area contributed by atoms with Crippen molar-refractivity contribution in [2.24, 2.45) is 5.16 Å². The molecule has 1 aliphatic heterocycles. The van der Waals surface area contributed by atoms with E-state index in [0.29, 0.717) is 24.4 Å². The van der Waals surface area contributed by atoms with Crippen molar-refractivity contribution in [2.75, 3.05) is 11.4 Å². The molecule has 1 N–H and O–H groups in total. The van der Waals surface area contributed by atoms with Gasteiger partial charge in [0.05, 0.1) is 5.71 Å². The highest BCUT2D eigenvalue weighted by Crippen LogP contribution is 2.28. The SMILES string of the molecule is N#Cc1cc(CN2CCC(=NO)c3ccccc32)ccn1. The van der Waals surface area contributed by atoms with Crippen molar-refractivity contribution in [1.29, 1.82) is 5.26 Å². The molecular formula is C16H14N4O. The predicted molar refractivity (Wildman–Crippen MR) is 79.4 cm³/mol. The van der Waals surface area contributed by atoms with Gasteiger partial charge in [0, 0.05) is 37.0 Å². The van der Waals surface area contributed by atoms with Gasteiger partial charge >= 0.3 is 0 Å². The largest absolute Gasteiger partial charge is 0.411 e. The molecule has 0 saturated heterocycles. The molecule has 2 aromatic rings. The van der Waals surface area contributed by atoms with Gasteiger partial charge in [0.25, 0.3) is 0 Å². The Morgan fingerprint density at radius 3 is 3.00 bits per heavy atom. The smallest absolute Gasteiger partial charge is 0.140 e. The van der Waals surface area contributed by atoms with Crippen molar-refractivity contribution >= 4 is 11.4 Å².